The van der Waals surface area contributed by atoms with E-state index in [9.17, 15) is 9.90 Å². The van der Waals surface area contributed by atoms with E-state index in [0.29, 0.717) is 16.3 Å². The standard InChI is InChI=1S/C20H20N4O4S/c1-13-4-3-5-14(2)19(13)28-11-17-22-23-20(29)24(17)21-10-15-6-8-16(9-7-15)27-12-18(25)26/h3-10H,11-12H2,1-2H3,(H,23,29)(H,25,26)/p-1/b21-10-. The summed E-state index contributed by atoms with van der Waals surface area (Å²) in [5.74, 6) is 0.487. The first-order valence-corrected chi connectivity index (χ1v) is 9.17. The van der Waals surface area contributed by atoms with E-state index >= 15 is 0 Å². The topological polar surface area (TPSA) is 105 Å². The number of nitrogens with zero attached hydrogens (tertiary/aromatic N) is 3. The Labute approximate surface area is 172 Å². The Morgan fingerprint density at radius 1 is 1.21 bits per heavy atom. The number of aromatic amines is 1. The van der Waals surface area contributed by atoms with E-state index in [1.54, 1.807) is 30.5 Å². The number of para-hydroxylation sites is 1. The normalized spacial score (nSPS) is 11.0. The van der Waals surface area contributed by atoms with Gasteiger partial charge in [-0.1, -0.05) is 18.2 Å². The molecule has 29 heavy (non-hydrogen) atoms. The van der Waals surface area contributed by atoms with E-state index in [4.69, 9.17) is 21.7 Å². The number of aliphatic carboxylic acids is 1. The lowest BCUT2D eigenvalue weighted by Gasteiger charge is -2.11. The minimum absolute atomic E-state index is 0.201. The van der Waals surface area contributed by atoms with Crippen LogP contribution < -0.4 is 14.6 Å². The average Bonchev–Trinajstić information content (AvgIpc) is 3.04. The Hall–Kier alpha value is -3.46. The minimum atomic E-state index is -1.28. The molecule has 9 heteroatoms. The molecular weight excluding hydrogens is 392 g/mol. The number of carboxylic acids is 1. The van der Waals surface area contributed by atoms with Gasteiger partial charge in [-0.25, -0.2) is 5.10 Å². The number of aromatic nitrogens is 3. The van der Waals surface area contributed by atoms with Crippen LogP contribution in [0.1, 0.15) is 22.5 Å². The Morgan fingerprint density at radius 3 is 2.55 bits per heavy atom. The Bertz CT molecular complexity index is 1070. The highest BCUT2D eigenvalue weighted by Crippen LogP contribution is 2.23. The number of aryl methyl sites for hydroxylation is 2. The smallest absolute Gasteiger partial charge is 0.216 e. The number of benzene rings is 2. The summed E-state index contributed by atoms with van der Waals surface area (Å²) < 4.78 is 12.8. The Balaban J connectivity index is 1.71. The zero-order valence-corrected chi connectivity index (χ0v) is 16.7. The van der Waals surface area contributed by atoms with Crippen LogP contribution in [0.2, 0.25) is 0 Å². The van der Waals surface area contributed by atoms with E-state index in [1.807, 2.05) is 32.0 Å². The van der Waals surface area contributed by atoms with E-state index in [-0.39, 0.29) is 6.61 Å². The fourth-order valence-corrected chi connectivity index (χ4v) is 2.82. The zero-order valence-electron chi connectivity index (χ0n) is 15.9. The van der Waals surface area contributed by atoms with Gasteiger partial charge < -0.3 is 19.4 Å². The summed E-state index contributed by atoms with van der Waals surface area (Å²) in [4.78, 5) is 10.4. The predicted molar refractivity (Wildman–Crippen MR) is 108 cm³/mol. The molecule has 0 aliphatic heterocycles. The van der Waals surface area contributed by atoms with Gasteiger partial charge in [0, 0.05) is 0 Å². The first-order chi connectivity index (χ1) is 13.9. The van der Waals surface area contributed by atoms with Crippen LogP contribution >= 0.6 is 12.2 Å². The quantitative estimate of drug-likeness (QED) is 0.450. The second-order valence-electron chi connectivity index (χ2n) is 6.24. The first-order valence-electron chi connectivity index (χ1n) is 8.76. The third-order valence-electron chi connectivity index (χ3n) is 4.03. The van der Waals surface area contributed by atoms with Crippen molar-refractivity contribution in [1.29, 1.82) is 0 Å². The average molecular weight is 411 g/mol. The van der Waals surface area contributed by atoms with Crippen LogP contribution in [-0.2, 0) is 11.4 Å². The number of carbonyl (C=O) groups excluding carboxylic acids is 1. The summed E-state index contributed by atoms with van der Waals surface area (Å²) in [7, 11) is 0. The third-order valence-corrected chi connectivity index (χ3v) is 4.30. The summed E-state index contributed by atoms with van der Waals surface area (Å²) in [5.41, 5.74) is 2.85. The van der Waals surface area contributed by atoms with Crippen molar-refractivity contribution in [3.05, 3.63) is 69.8 Å². The van der Waals surface area contributed by atoms with Crippen LogP contribution in [-0.4, -0.2) is 33.7 Å². The Kier molecular flexibility index (Phi) is 6.40. The largest absolute Gasteiger partial charge is 0.546 e. The summed E-state index contributed by atoms with van der Waals surface area (Å²) >= 11 is 5.24. The number of nitrogens with one attached hydrogen (secondary N) is 1. The predicted octanol–water partition coefficient (Wildman–Crippen LogP) is 2.15. The molecule has 0 unspecified atom stereocenters. The van der Waals surface area contributed by atoms with Crippen molar-refractivity contribution in [3.8, 4) is 11.5 Å². The zero-order chi connectivity index (χ0) is 20.8. The van der Waals surface area contributed by atoms with E-state index in [2.05, 4.69) is 15.3 Å². The molecule has 1 heterocycles. The van der Waals surface area contributed by atoms with Crippen molar-refractivity contribution in [2.75, 3.05) is 6.61 Å². The van der Waals surface area contributed by atoms with Gasteiger partial charge in [-0.3, -0.25) is 0 Å². The highest BCUT2D eigenvalue weighted by atomic mass is 32.1. The number of carboxylic acid groups (broad SMARTS) is 1. The van der Waals surface area contributed by atoms with Crippen LogP contribution in [0.4, 0.5) is 0 Å². The van der Waals surface area contributed by atoms with Gasteiger partial charge in [0.25, 0.3) is 0 Å². The van der Waals surface area contributed by atoms with Crippen LogP contribution in [0.25, 0.3) is 0 Å². The van der Waals surface area contributed by atoms with E-state index in [0.717, 1.165) is 22.4 Å². The summed E-state index contributed by atoms with van der Waals surface area (Å²) in [6, 6.07) is 12.7. The van der Waals surface area contributed by atoms with E-state index < -0.39 is 12.6 Å². The second-order valence-corrected chi connectivity index (χ2v) is 6.63. The summed E-state index contributed by atoms with van der Waals surface area (Å²) in [6.07, 6.45) is 1.61. The molecule has 0 aliphatic rings. The van der Waals surface area contributed by atoms with Gasteiger partial charge in [0.1, 0.15) is 24.7 Å². The van der Waals surface area contributed by atoms with Crippen molar-refractivity contribution in [2.24, 2.45) is 5.10 Å². The molecule has 0 radical (unpaired) electrons. The molecule has 3 aromatic rings. The molecule has 0 aliphatic carbocycles. The molecule has 2 aromatic carbocycles. The molecule has 0 spiro atoms. The monoisotopic (exact) mass is 411 g/mol. The van der Waals surface area contributed by atoms with Crippen LogP contribution in [0, 0.1) is 18.6 Å². The number of carbonyl (C=O) groups is 1. The van der Waals surface area contributed by atoms with Crippen LogP contribution in [0.3, 0.4) is 0 Å². The van der Waals surface area contributed by atoms with Crippen LogP contribution in [0.5, 0.6) is 11.5 Å². The second kappa shape index (κ2) is 9.16. The van der Waals surface area contributed by atoms with E-state index in [1.165, 1.54) is 4.68 Å². The van der Waals surface area contributed by atoms with Crippen molar-refractivity contribution in [2.45, 2.75) is 20.5 Å². The van der Waals surface area contributed by atoms with Crippen molar-refractivity contribution in [3.63, 3.8) is 0 Å². The van der Waals surface area contributed by atoms with Gasteiger partial charge >= 0.3 is 0 Å². The number of hydrogen-bond donors (Lipinski definition) is 1. The van der Waals surface area contributed by atoms with Gasteiger partial charge in [-0.05, 0) is 67.0 Å². The van der Waals surface area contributed by atoms with Gasteiger partial charge in [0.05, 0.1) is 12.2 Å². The first kappa shape index (κ1) is 20.3. The van der Waals surface area contributed by atoms with Gasteiger partial charge in [-0.15, -0.1) is 0 Å². The number of rotatable bonds is 8. The van der Waals surface area contributed by atoms with Gasteiger partial charge in [0.15, 0.2) is 5.82 Å². The molecular formula is C20H19N4O4S-. The maximum Gasteiger partial charge on any atom is 0.216 e. The maximum atomic E-state index is 10.4. The fourth-order valence-electron chi connectivity index (χ4n) is 2.62. The van der Waals surface area contributed by atoms with Gasteiger partial charge in [0.2, 0.25) is 4.77 Å². The van der Waals surface area contributed by atoms with Crippen LogP contribution in [0.15, 0.2) is 47.6 Å². The SMILES string of the molecule is Cc1cccc(C)c1OCc1n[nH]c(=S)n1/N=C\c1ccc(OCC(=O)[O-])cc1. The molecule has 150 valence electrons. The number of hydrogen-bond acceptors (Lipinski definition) is 7. The number of ether oxygens (including phenoxy) is 2. The molecule has 3 rings (SSSR count). The molecule has 0 amide bonds. The van der Waals surface area contributed by atoms with Crippen molar-refractivity contribution in [1.82, 2.24) is 14.9 Å². The number of H-pyrrole nitrogens is 1. The van der Waals surface area contributed by atoms with Crippen molar-refractivity contribution < 1.29 is 19.4 Å². The molecule has 1 aromatic heterocycles. The maximum absolute atomic E-state index is 10.4. The lowest BCUT2D eigenvalue weighted by Crippen LogP contribution is -2.28. The molecule has 0 atom stereocenters. The van der Waals surface area contributed by atoms with Gasteiger partial charge in [-0.2, -0.15) is 14.9 Å². The minimum Gasteiger partial charge on any atom is -0.546 e. The third kappa shape index (κ3) is 5.29. The fraction of sp³-hybridized carbons (Fsp3) is 0.200. The van der Waals surface area contributed by atoms with Crippen molar-refractivity contribution >= 4 is 24.4 Å². The summed E-state index contributed by atoms with van der Waals surface area (Å²) in [6.45, 7) is 3.67. The Morgan fingerprint density at radius 2 is 1.90 bits per heavy atom. The highest BCUT2D eigenvalue weighted by molar-refractivity contribution is 7.71. The molecule has 8 nitrogen and oxygen atoms in total. The summed E-state index contributed by atoms with van der Waals surface area (Å²) in [5, 5.41) is 21.7. The molecule has 0 saturated carbocycles. The lowest BCUT2D eigenvalue weighted by atomic mass is 10.1. The molecule has 0 fully saturated rings. The molecule has 1 N–H and O–H groups in total. The highest BCUT2D eigenvalue weighted by Gasteiger charge is 2.09. The lowest BCUT2D eigenvalue weighted by molar-refractivity contribution is -0.307. The molecule has 0 saturated heterocycles. The molecule has 0 bridgehead atoms.